The summed E-state index contributed by atoms with van der Waals surface area (Å²) in [5.74, 6) is 0.439. The second kappa shape index (κ2) is 5.96. The van der Waals surface area contributed by atoms with Crippen molar-refractivity contribution in [3.63, 3.8) is 0 Å². The predicted molar refractivity (Wildman–Crippen MR) is 82.4 cm³/mol. The number of thiophene rings is 1. The first-order chi connectivity index (χ1) is 9.51. The van der Waals surface area contributed by atoms with Gasteiger partial charge in [-0.1, -0.05) is 0 Å². The molecule has 5 heteroatoms. The number of rotatable bonds is 4. The normalized spacial score (nSPS) is 10.3. The molecular weight excluding hydrogens is 272 g/mol. The molecule has 0 atom stereocenters. The van der Waals surface area contributed by atoms with Crippen LogP contribution >= 0.6 is 11.3 Å². The minimum absolute atomic E-state index is 0.136. The second-order valence-corrected chi connectivity index (χ2v) is 5.93. The van der Waals surface area contributed by atoms with Gasteiger partial charge in [0.2, 0.25) is 0 Å². The molecule has 106 valence electrons. The Morgan fingerprint density at radius 1 is 1.35 bits per heavy atom. The molecule has 0 fully saturated rings. The second-order valence-electron chi connectivity index (χ2n) is 4.59. The van der Waals surface area contributed by atoms with Gasteiger partial charge < -0.3 is 15.8 Å². The molecule has 4 nitrogen and oxygen atoms in total. The van der Waals surface area contributed by atoms with Gasteiger partial charge in [-0.2, -0.15) is 0 Å². The number of benzene rings is 1. The minimum Gasteiger partial charge on any atom is -0.495 e. The summed E-state index contributed by atoms with van der Waals surface area (Å²) in [7, 11) is 1.55. The summed E-state index contributed by atoms with van der Waals surface area (Å²) in [6.07, 6.45) is 0. The van der Waals surface area contributed by atoms with E-state index in [0.29, 0.717) is 23.5 Å². The topological polar surface area (TPSA) is 64.3 Å². The maximum atomic E-state index is 12.1. The Morgan fingerprint density at radius 2 is 2.10 bits per heavy atom. The SMILES string of the molecule is COc1ccc(C(=O)NCc2cc(C)c(C)s2)cc1N. The summed E-state index contributed by atoms with van der Waals surface area (Å²) in [5, 5.41) is 2.90. The third-order valence-corrected chi connectivity index (χ3v) is 4.28. The van der Waals surface area contributed by atoms with Crippen molar-refractivity contribution < 1.29 is 9.53 Å². The van der Waals surface area contributed by atoms with Crippen LogP contribution in [-0.4, -0.2) is 13.0 Å². The molecule has 0 aliphatic carbocycles. The number of nitrogens with two attached hydrogens (primary N) is 1. The van der Waals surface area contributed by atoms with Gasteiger partial charge in [-0.05, 0) is 43.7 Å². The van der Waals surface area contributed by atoms with Crippen LogP contribution in [0.4, 0.5) is 5.69 Å². The molecule has 0 aliphatic heterocycles. The highest BCUT2D eigenvalue weighted by Crippen LogP contribution is 2.22. The molecule has 0 saturated heterocycles. The maximum absolute atomic E-state index is 12.1. The van der Waals surface area contributed by atoms with Crippen LogP contribution in [0.1, 0.15) is 25.7 Å². The van der Waals surface area contributed by atoms with Crippen LogP contribution in [-0.2, 0) is 6.54 Å². The lowest BCUT2D eigenvalue weighted by molar-refractivity contribution is 0.0951. The smallest absolute Gasteiger partial charge is 0.251 e. The van der Waals surface area contributed by atoms with E-state index >= 15 is 0 Å². The van der Waals surface area contributed by atoms with Crippen LogP contribution in [0.5, 0.6) is 5.75 Å². The number of ether oxygens (including phenoxy) is 1. The molecule has 0 spiro atoms. The number of nitrogens with one attached hydrogen (secondary N) is 1. The number of nitrogen functional groups attached to an aromatic ring is 1. The van der Waals surface area contributed by atoms with Crippen molar-refractivity contribution in [3.8, 4) is 5.75 Å². The summed E-state index contributed by atoms with van der Waals surface area (Å²) in [4.78, 5) is 14.5. The fourth-order valence-corrected chi connectivity index (χ4v) is 2.88. The molecular formula is C15H18N2O2S. The Kier molecular flexibility index (Phi) is 4.29. The number of carbonyl (C=O) groups excluding carboxylic acids is 1. The van der Waals surface area contributed by atoms with E-state index in [9.17, 15) is 4.79 Å². The molecule has 20 heavy (non-hydrogen) atoms. The Hall–Kier alpha value is -2.01. The molecule has 3 N–H and O–H groups in total. The van der Waals surface area contributed by atoms with Gasteiger partial charge in [-0.15, -0.1) is 11.3 Å². The number of methoxy groups -OCH3 is 1. The van der Waals surface area contributed by atoms with E-state index in [2.05, 4.69) is 25.2 Å². The highest BCUT2D eigenvalue weighted by molar-refractivity contribution is 7.12. The summed E-state index contributed by atoms with van der Waals surface area (Å²) >= 11 is 1.70. The first-order valence-corrected chi connectivity index (χ1v) is 7.10. The van der Waals surface area contributed by atoms with E-state index in [1.807, 2.05) is 0 Å². The molecule has 0 bridgehead atoms. The molecule has 1 heterocycles. The van der Waals surface area contributed by atoms with Crippen molar-refractivity contribution in [2.45, 2.75) is 20.4 Å². The third-order valence-electron chi connectivity index (χ3n) is 3.13. The average Bonchev–Trinajstić information content (AvgIpc) is 2.75. The lowest BCUT2D eigenvalue weighted by Crippen LogP contribution is -2.22. The van der Waals surface area contributed by atoms with Crippen LogP contribution in [0.3, 0.4) is 0 Å². The maximum Gasteiger partial charge on any atom is 0.251 e. The summed E-state index contributed by atoms with van der Waals surface area (Å²) in [6, 6.07) is 7.13. The summed E-state index contributed by atoms with van der Waals surface area (Å²) in [6.45, 7) is 4.68. The quantitative estimate of drug-likeness (QED) is 0.851. The van der Waals surface area contributed by atoms with Gasteiger partial charge in [-0.3, -0.25) is 4.79 Å². The number of carbonyl (C=O) groups is 1. The third kappa shape index (κ3) is 3.11. The number of amides is 1. The first-order valence-electron chi connectivity index (χ1n) is 6.29. The van der Waals surface area contributed by atoms with Gasteiger partial charge in [0.05, 0.1) is 19.3 Å². The number of anilines is 1. The zero-order valence-electron chi connectivity index (χ0n) is 11.8. The highest BCUT2D eigenvalue weighted by atomic mass is 32.1. The first kappa shape index (κ1) is 14.4. The van der Waals surface area contributed by atoms with Gasteiger partial charge in [0, 0.05) is 15.3 Å². The van der Waals surface area contributed by atoms with Crippen molar-refractivity contribution in [3.05, 3.63) is 45.1 Å². The van der Waals surface area contributed by atoms with Crippen molar-refractivity contribution in [1.82, 2.24) is 5.32 Å². The van der Waals surface area contributed by atoms with Crippen LogP contribution < -0.4 is 15.8 Å². The Balaban J connectivity index is 2.03. The molecule has 1 amide bonds. The largest absolute Gasteiger partial charge is 0.495 e. The van der Waals surface area contributed by atoms with Crippen molar-refractivity contribution in [2.75, 3.05) is 12.8 Å². The molecule has 0 radical (unpaired) electrons. The standard InChI is InChI=1S/C15H18N2O2S/c1-9-6-12(20-10(9)2)8-17-15(18)11-4-5-14(19-3)13(16)7-11/h4-7H,8,16H2,1-3H3,(H,17,18). The van der Waals surface area contributed by atoms with E-state index in [1.165, 1.54) is 10.4 Å². The average molecular weight is 290 g/mol. The number of hydrogen-bond acceptors (Lipinski definition) is 4. The predicted octanol–water partition coefficient (Wildman–Crippen LogP) is 2.89. The molecule has 1 aromatic heterocycles. The van der Waals surface area contributed by atoms with Gasteiger partial charge in [0.15, 0.2) is 0 Å². The number of hydrogen-bond donors (Lipinski definition) is 2. The van der Waals surface area contributed by atoms with Gasteiger partial charge in [-0.25, -0.2) is 0 Å². The van der Waals surface area contributed by atoms with E-state index in [1.54, 1.807) is 36.6 Å². The van der Waals surface area contributed by atoms with Gasteiger partial charge >= 0.3 is 0 Å². The molecule has 2 rings (SSSR count). The van der Waals surface area contributed by atoms with E-state index in [4.69, 9.17) is 10.5 Å². The highest BCUT2D eigenvalue weighted by Gasteiger charge is 2.09. The lowest BCUT2D eigenvalue weighted by atomic mass is 10.1. The molecule has 0 aliphatic rings. The minimum atomic E-state index is -0.136. The fourth-order valence-electron chi connectivity index (χ4n) is 1.88. The lowest BCUT2D eigenvalue weighted by Gasteiger charge is -2.07. The van der Waals surface area contributed by atoms with E-state index in [0.717, 1.165) is 4.88 Å². The molecule has 0 saturated carbocycles. The molecule has 2 aromatic rings. The number of aryl methyl sites for hydroxylation is 2. The zero-order chi connectivity index (χ0) is 14.7. The van der Waals surface area contributed by atoms with Crippen LogP contribution in [0.15, 0.2) is 24.3 Å². The Labute approximate surface area is 122 Å². The van der Waals surface area contributed by atoms with Gasteiger partial charge in [0.25, 0.3) is 5.91 Å². The summed E-state index contributed by atoms with van der Waals surface area (Å²) < 4.78 is 5.07. The van der Waals surface area contributed by atoms with E-state index in [-0.39, 0.29) is 5.91 Å². The van der Waals surface area contributed by atoms with Crippen LogP contribution in [0, 0.1) is 13.8 Å². The van der Waals surface area contributed by atoms with E-state index < -0.39 is 0 Å². The zero-order valence-corrected chi connectivity index (χ0v) is 12.6. The van der Waals surface area contributed by atoms with Crippen molar-refractivity contribution in [2.24, 2.45) is 0 Å². The van der Waals surface area contributed by atoms with Crippen LogP contribution in [0.2, 0.25) is 0 Å². The van der Waals surface area contributed by atoms with Crippen molar-refractivity contribution >= 4 is 22.9 Å². The Bertz CT molecular complexity index is 615. The van der Waals surface area contributed by atoms with Crippen molar-refractivity contribution in [1.29, 1.82) is 0 Å². The van der Waals surface area contributed by atoms with Gasteiger partial charge in [0.1, 0.15) is 5.75 Å². The molecule has 0 unspecified atom stereocenters. The van der Waals surface area contributed by atoms with Crippen LogP contribution in [0.25, 0.3) is 0 Å². The summed E-state index contributed by atoms with van der Waals surface area (Å²) in [5.41, 5.74) is 8.05. The monoisotopic (exact) mass is 290 g/mol. The molecule has 1 aromatic carbocycles. The fraction of sp³-hybridized carbons (Fsp3) is 0.267. The Morgan fingerprint density at radius 3 is 2.65 bits per heavy atom.